The van der Waals surface area contributed by atoms with Crippen molar-refractivity contribution in [3.63, 3.8) is 0 Å². The molecular formula is C20H17N5O. The minimum Gasteiger partial charge on any atom is -0.359 e. The van der Waals surface area contributed by atoms with E-state index in [4.69, 9.17) is 0 Å². The number of aryl methyl sites for hydroxylation is 2. The number of aromatic amines is 1. The smallest absolute Gasteiger partial charge is 0.277 e. The number of nitrogens with one attached hydrogen (secondary N) is 2. The third kappa shape index (κ3) is 2.82. The molecule has 0 atom stereocenters. The predicted molar refractivity (Wildman–Crippen MR) is 101 cm³/mol. The Morgan fingerprint density at radius 3 is 2.69 bits per heavy atom. The Bertz CT molecular complexity index is 1100. The van der Waals surface area contributed by atoms with E-state index in [0.717, 1.165) is 28.0 Å². The molecule has 4 aromatic rings. The van der Waals surface area contributed by atoms with Gasteiger partial charge in [-0.15, -0.1) is 0 Å². The summed E-state index contributed by atoms with van der Waals surface area (Å²) in [6.45, 7) is 3.76. The first-order valence-corrected chi connectivity index (χ1v) is 8.27. The quantitative estimate of drug-likeness (QED) is 0.591. The fourth-order valence-corrected chi connectivity index (χ4v) is 3.03. The van der Waals surface area contributed by atoms with Gasteiger partial charge in [-0.25, -0.2) is 9.97 Å². The second-order valence-electron chi connectivity index (χ2n) is 6.02. The highest BCUT2D eigenvalue weighted by molar-refractivity contribution is 6.12. The van der Waals surface area contributed by atoms with Gasteiger partial charge in [-0.1, -0.05) is 12.1 Å². The lowest BCUT2D eigenvalue weighted by molar-refractivity contribution is 0.102. The van der Waals surface area contributed by atoms with Gasteiger partial charge in [0.15, 0.2) is 5.69 Å². The number of anilines is 1. The van der Waals surface area contributed by atoms with Crippen LogP contribution in [0.3, 0.4) is 0 Å². The molecule has 128 valence electrons. The lowest BCUT2D eigenvalue weighted by Gasteiger charge is -2.11. The molecule has 0 bridgehead atoms. The van der Waals surface area contributed by atoms with Crippen LogP contribution in [0.2, 0.25) is 0 Å². The number of amides is 1. The van der Waals surface area contributed by atoms with Gasteiger partial charge in [-0.3, -0.25) is 9.78 Å². The van der Waals surface area contributed by atoms with Gasteiger partial charge in [-0.2, -0.15) is 0 Å². The number of hydrogen-bond donors (Lipinski definition) is 2. The molecule has 0 radical (unpaired) electrons. The van der Waals surface area contributed by atoms with Crippen LogP contribution in [0.15, 0.2) is 54.9 Å². The van der Waals surface area contributed by atoms with Crippen LogP contribution in [0.5, 0.6) is 0 Å². The molecule has 6 nitrogen and oxygen atoms in total. The van der Waals surface area contributed by atoms with E-state index in [2.05, 4.69) is 25.3 Å². The van der Waals surface area contributed by atoms with E-state index in [1.54, 1.807) is 18.5 Å². The summed E-state index contributed by atoms with van der Waals surface area (Å²) in [4.78, 5) is 29.2. The zero-order chi connectivity index (χ0) is 18.1. The van der Waals surface area contributed by atoms with Crippen LogP contribution in [-0.2, 0) is 0 Å². The number of nitrogens with zero attached hydrogens (tertiary/aromatic N) is 3. The third-order valence-electron chi connectivity index (χ3n) is 4.16. The molecule has 0 aliphatic heterocycles. The molecule has 0 aliphatic rings. The molecule has 0 fully saturated rings. The SMILES string of the molecule is Cc1cccc(NC(=O)c2nc(C)c(-c3ccccn3)c3cc[nH]c23)n1. The number of fused-ring (bicyclic) bond motifs is 1. The Hall–Kier alpha value is -3.54. The fourth-order valence-electron chi connectivity index (χ4n) is 3.03. The standard InChI is InChI=1S/C20H17N5O/c1-12-6-5-8-16(23-12)25-20(26)19-18-14(9-11-22-18)17(13(2)24-19)15-7-3-4-10-21-15/h3-11,22H,1-2H3,(H,23,25,26). The van der Waals surface area contributed by atoms with Crippen molar-refractivity contribution in [2.24, 2.45) is 0 Å². The summed E-state index contributed by atoms with van der Waals surface area (Å²) in [7, 11) is 0. The summed E-state index contributed by atoms with van der Waals surface area (Å²) in [6, 6.07) is 13.2. The normalized spacial score (nSPS) is 10.8. The topological polar surface area (TPSA) is 83.6 Å². The Labute approximate surface area is 150 Å². The molecule has 26 heavy (non-hydrogen) atoms. The molecule has 4 aromatic heterocycles. The molecule has 4 heterocycles. The summed E-state index contributed by atoms with van der Waals surface area (Å²) in [5.41, 5.74) is 4.36. The van der Waals surface area contributed by atoms with Gasteiger partial charge in [0.2, 0.25) is 0 Å². The first kappa shape index (κ1) is 16.0. The number of carbonyl (C=O) groups excluding carboxylic acids is 1. The zero-order valence-electron chi connectivity index (χ0n) is 14.4. The van der Waals surface area contributed by atoms with E-state index < -0.39 is 0 Å². The average molecular weight is 343 g/mol. The van der Waals surface area contributed by atoms with Crippen molar-refractivity contribution < 1.29 is 4.79 Å². The molecule has 2 N–H and O–H groups in total. The third-order valence-corrected chi connectivity index (χ3v) is 4.16. The van der Waals surface area contributed by atoms with E-state index in [1.807, 2.05) is 50.2 Å². The lowest BCUT2D eigenvalue weighted by Crippen LogP contribution is -2.16. The number of aromatic nitrogens is 4. The van der Waals surface area contributed by atoms with E-state index in [0.29, 0.717) is 17.0 Å². The van der Waals surface area contributed by atoms with Gasteiger partial charge in [0.05, 0.1) is 11.2 Å². The number of hydrogen-bond acceptors (Lipinski definition) is 4. The molecule has 6 heteroatoms. The van der Waals surface area contributed by atoms with Crippen LogP contribution in [0.4, 0.5) is 5.82 Å². The molecule has 0 unspecified atom stereocenters. The van der Waals surface area contributed by atoms with Crippen molar-refractivity contribution in [3.05, 3.63) is 71.9 Å². The van der Waals surface area contributed by atoms with E-state index >= 15 is 0 Å². The van der Waals surface area contributed by atoms with Crippen LogP contribution in [0.25, 0.3) is 22.2 Å². The molecule has 0 saturated carbocycles. The number of H-pyrrole nitrogens is 1. The largest absolute Gasteiger partial charge is 0.359 e. The first-order valence-electron chi connectivity index (χ1n) is 8.27. The van der Waals surface area contributed by atoms with E-state index in [1.165, 1.54) is 0 Å². The summed E-state index contributed by atoms with van der Waals surface area (Å²) in [6.07, 6.45) is 3.55. The molecule has 1 amide bonds. The van der Waals surface area contributed by atoms with Gasteiger partial charge in [0.25, 0.3) is 5.91 Å². The van der Waals surface area contributed by atoms with Crippen molar-refractivity contribution in [1.82, 2.24) is 19.9 Å². The average Bonchev–Trinajstić information content (AvgIpc) is 3.11. The van der Waals surface area contributed by atoms with Crippen molar-refractivity contribution in [1.29, 1.82) is 0 Å². The minimum atomic E-state index is -0.300. The first-order chi connectivity index (χ1) is 12.6. The highest BCUT2D eigenvalue weighted by atomic mass is 16.2. The summed E-state index contributed by atoms with van der Waals surface area (Å²) < 4.78 is 0. The molecule has 0 saturated heterocycles. The Kier molecular flexibility index (Phi) is 3.93. The van der Waals surface area contributed by atoms with Crippen LogP contribution >= 0.6 is 0 Å². The van der Waals surface area contributed by atoms with Crippen molar-refractivity contribution in [3.8, 4) is 11.3 Å². The van der Waals surface area contributed by atoms with Crippen LogP contribution in [-0.4, -0.2) is 25.8 Å². The highest BCUT2D eigenvalue weighted by Crippen LogP contribution is 2.31. The fraction of sp³-hybridized carbons (Fsp3) is 0.100. The van der Waals surface area contributed by atoms with Gasteiger partial charge in [0, 0.05) is 34.7 Å². The summed E-state index contributed by atoms with van der Waals surface area (Å²) in [5.74, 6) is 0.203. The Morgan fingerprint density at radius 1 is 1.04 bits per heavy atom. The number of rotatable bonds is 3. The maximum Gasteiger partial charge on any atom is 0.277 e. The molecule has 0 aliphatic carbocycles. The van der Waals surface area contributed by atoms with E-state index in [9.17, 15) is 4.79 Å². The zero-order valence-corrected chi connectivity index (χ0v) is 14.4. The predicted octanol–water partition coefficient (Wildman–Crippen LogP) is 3.89. The molecule has 0 spiro atoms. The molecular weight excluding hydrogens is 326 g/mol. The summed E-state index contributed by atoms with van der Waals surface area (Å²) in [5, 5.41) is 3.73. The van der Waals surface area contributed by atoms with Gasteiger partial charge in [-0.05, 0) is 44.2 Å². The van der Waals surface area contributed by atoms with Crippen LogP contribution in [0.1, 0.15) is 21.9 Å². The van der Waals surface area contributed by atoms with Crippen molar-refractivity contribution >= 4 is 22.6 Å². The lowest BCUT2D eigenvalue weighted by atomic mass is 10.0. The maximum absolute atomic E-state index is 12.8. The monoisotopic (exact) mass is 343 g/mol. The highest BCUT2D eigenvalue weighted by Gasteiger charge is 2.19. The van der Waals surface area contributed by atoms with E-state index in [-0.39, 0.29) is 5.91 Å². The molecule has 0 aromatic carbocycles. The van der Waals surface area contributed by atoms with Gasteiger partial charge >= 0.3 is 0 Å². The second-order valence-corrected chi connectivity index (χ2v) is 6.02. The second kappa shape index (κ2) is 6.40. The number of pyridine rings is 3. The minimum absolute atomic E-state index is 0.300. The summed E-state index contributed by atoms with van der Waals surface area (Å²) >= 11 is 0. The van der Waals surface area contributed by atoms with Crippen LogP contribution in [0, 0.1) is 13.8 Å². The van der Waals surface area contributed by atoms with Crippen molar-refractivity contribution in [2.75, 3.05) is 5.32 Å². The Morgan fingerprint density at radius 2 is 1.92 bits per heavy atom. The van der Waals surface area contributed by atoms with Gasteiger partial charge in [0.1, 0.15) is 5.82 Å². The maximum atomic E-state index is 12.8. The number of carbonyl (C=O) groups is 1. The van der Waals surface area contributed by atoms with Crippen molar-refractivity contribution in [2.45, 2.75) is 13.8 Å². The van der Waals surface area contributed by atoms with Crippen LogP contribution < -0.4 is 5.32 Å². The Balaban J connectivity index is 1.80. The van der Waals surface area contributed by atoms with Gasteiger partial charge < -0.3 is 10.3 Å². The molecule has 4 rings (SSSR count).